The van der Waals surface area contributed by atoms with E-state index in [1.54, 1.807) is 43.5 Å². The van der Waals surface area contributed by atoms with Crippen molar-refractivity contribution < 1.29 is 18.7 Å². The minimum atomic E-state index is -0.618. The van der Waals surface area contributed by atoms with Crippen LogP contribution in [0.3, 0.4) is 0 Å². The molecule has 33 heavy (non-hydrogen) atoms. The number of esters is 1. The lowest BCUT2D eigenvalue weighted by molar-refractivity contribution is -0.142. The van der Waals surface area contributed by atoms with Gasteiger partial charge in [-0.15, -0.1) is 0 Å². The van der Waals surface area contributed by atoms with Crippen molar-refractivity contribution in [1.82, 2.24) is 4.98 Å². The molecule has 0 spiro atoms. The second-order valence-corrected chi connectivity index (χ2v) is 7.63. The van der Waals surface area contributed by atoms with Crippen molar-refractivity contribution in [3.63, 3.8) is 0 Å². The van der Waals surface area contributed by atoms with Gasteiger partial charge in [-0.1, -0.05) is 42.5 Å². The Balaban J connectivity index is 1.99. The lowest BCUT2D eigenvalue weighted by atomic mass is 9.91. The summed E-state index contributed by atoms with van der Waals surface area (Å²) in [6, 6.07) is 15.7. The first-order valence-electron chi connectivity index (χ1n) is 10.6. The third-order valence-electron chi connectivity index (χ3n) is 5.60. The number of carbonyl (C=O) groups is 2. The molecule has 1 heterocycles. The first-order chi connectivity index (χ1) is 15.9. The number of amides is 1. The normalized spacial score (nSPS) is 11.0. The van der Waals surface area contributed by atoms with Crippen molar-refractivity contribution in [1.29, 1.82) is 0 Å². The smallest absolute Gasteiger partial charge is 0.310 e. The maximum absolute atomic E-state index is 15.3. The monoisotopic (exact) mass is 445 g/mol. The number of benzene rings is 3. The number of aromatic nitrogens is 1. The second-order valence-electron chi connectivity index (χ2n) is 7.63. The Labute approximate surface area is 190 Å². The number of aromatic amines is 1. The summed E-state index contributed by atoms with van der Waals surface area (Å²) >= 11 is 0. The summed E-state index contributed by atoms with van der Waals surface area (Å²) in [5.41, 5.74) is 15.7. The van der Waals surface area contributed by atoms with Crippen molar-refractivity contribution in [2.75, 3.05) is 6.61 Å². The molecule has 0 aliphatic rings. The van der Waals surface area contributed by atoms with Crippen molar-refractivity contribution in [3.8, 4) is 22.3 Å². The summed E-state index contributed by atoms with van der Waals surface area (Å²) in [5.74, 6) is -1.40. The first kappa shape index (κ1) is 22.2. The van der Waals surface area contributed by atoms with Gasteiger partial charge in [-0.25, -0.2) is 4.39 Å². The third kappa shape index (κ3) is 4.23. The Morgan fingerprint density at radius 1 is 0.970 bits per heavy atom. The van der Waals surface area contributed by atoms with E-state index in [4.69, 9.17) is 16.2 Å². The van der Waals surface area contributed by atoms with Crippen molar-refractivity contribution in [2.24, 2.45) is 11.5 Å². The zero-order valence-electron chi connectivity index (χ0n) is 18.2. The average molecular weight is 445 g/mol. The lowest BCUT2D eigenvalue weighted by Gasteiger charge is -2.13. The van der Waals surface area contributed by atoms with Crippen LogP contribution in [0.1, 0.15) is 28.4 Å². The van der Waals surface area contributed by atoms with Gasteiger partial charge in [-0.05, 0) is 35.7 Å². The summed E-state index contributed by atoms with van der Waals surface area (Å²) in [6.07, 6.45) is 1.88. The number of ether oxygens (including phenoxy) is 1. The number of hydrogen-bond acceptors (Lipinski definition) is 4. The van der Waals surface area contributed by atoms with Crippen LogP contribution in [-0.4, -0.2) is 23.5 Å². The van der Waals surface area contributed by atoms with E-state index < -0.39 is 11.7 Å². The fraction of sp³-hybridized carbons (Fsp3) is 0.154. The van der Waals surface area contributed by atoms with Gasteiger partial charge in [0, 0.05) is 45.9 Å². The van der Waals surface area contributed by atoms with Crippen LogP contribution in [0.25, 0.3) is 33.2 Å². The van der Waals surface area contributed by atoms with Crippen LogP contribution in [0.5, 0.6) is 0 Å². The molecule has 4 rings (SSSR count). The molecular formula is C26H24FN3O3. The largest absolute Gasteiger partial charge is 0.466 e. The molecule has 5 N–H and O–H groups in total. The van der Waals surface area contributed by atoms with Crippen LogP contribution in [0.4, 0.5) is 4.39 Å². The minimum absolute atomic E-state index is 0.0424. The number of H-pyrrole nitrogens is 1. The van der Waals surface area contributed by atoms with Crippen LogP contribution in [0, 0.1) is 5.82 Å². The van der Waals surface area contributed by atoms with Crippen molar-refractivity contribution >= 4 is 22.8 Å². The molecule has 0 unspecified atom stereocenters. The summed E-state index contributed by atoms with van der Waals surface area (Å²) < 4.78 is 20.5. The molecule has 0 aliphatic carbocycles. The van der Waals surface area contributed by atoms with Crippen LogP contribution in [-0.2, 0) is 22.5 Å². The Morgan fingerprint density at radius 2 is 1.70 bits per heavy atom. The van der Waals surface area contributed by atoms with E-state index in [2.05, 4.69) is 4.98 Å². The lowest BCUT2D eigenvalue weighted by Crippen LogP contribution is -2.11. The number of primary amides is 1. The highest BCUT2D eigenvalue weighted by Gasteiger charge is 2.20. The summed E-state index contributed by atoms with van der Waals surface area (Å²) in [6.45, 7) is 2.10. The van der Waals surface area contributed by atoms with Crippen molar-refractivity contribution in [3.05, 3.63) is 83.3 Å². The van der Waals surface area contributed by atoms with E-state index in [1.165, 1.54) is 0 Å². The molecule has 0 bridgehead atoms. The number of nitrogens with one attached hydrogen (secondary N) is 1. The molecule has 1 aromatic heterocycles. The van der Waals surface area contributed by atoms with Gasteiger partial charge < -0.3 is 21.2 Å². The van der Waals surface area contributed by atoms with Gasteiger partial charge >= 0.3 is 5.97 Å². The summed E-state index contributed by atoms with van der Waals surface area (Å²) in [5, 5.41) is 0.712. The molecular weight excluding hydrogens is 421 g/mol. The van der Waals surface area contributed by atoms with Crippen LogP contribution < -0.4 is 11.5 Å². The van der Waals surface area contributed by atoms with Gasteiger partial charge in [0.25, 0.3) is 0 Å². The molecule has 3 aromatic carbocycles. The van der Waals surface area contributed by atoms with Crippen LogP contribution >= 0.6 is 0 Å². The number of rotatable bonds is 7. The summed E-state index contributed by atoms with van der Waals surface area (Å²) in [4.78, 5) is 27.3. The van der Waals surface area contributed by atoms with E-state index in [0.29, 0.717) is 34.2 Å². The molecule has 0 aliphatic heterocycles. The number of fused-ring (bicyclic) bond motifs is 1. The Hall–Kier alpha value is -3.97. The van der Waals surface area contributed by atoms with E-state index in [1.807, 2.05) is 24.3 Å². The van der Waals surface area contributed by atoms with Crippen molar-refractivity contribution in [2.45, 2.75) is 19.9 Å². The summed E-state index contributed by atoms with van der Waals surface area (Å²) in [7, 11) is 0. The number of nitrogens with two attached hydrogens (primary N) is 2. The molecule has 4 aromatic rings. The zero-order chi connectivity index (χ0) is 23.5. The Morgan fingerprint density at radius 3 is 2.42 bits per heavy atom. The molecule has 0 saturated heterocycles. The highest BCUT2D eigenvalue weighted by molar-refractivity contribution is 6.10. The molecule has 0 atom stereocenters. The van der Waals surface area contributed by atoms with Crippen LogP contribution in [0.15, 0.2) is 60.8 Å². The molecule has 7 heteroatoms. The minimum Gasteiger partial charge on any atom is -0.466 e. The SMILES string of the molecule is CCOC(=O)Cc1ccccc1-c1c[nH]c2cc(C(N)=O)cc(-c3cccc(CN)c3F)c12. The predicted molar refractivity (Wildman–Crippen MR) is 126 cm³/mol. The van der Waals surface area contributed by atoms with Gasteiger partial charge in [0.15, 0.2) is 0 Å². The van der Waals surface area contributed by atoms with E-state index in [-0.39, 0.29) is 24.5 Å². The maximum Gasteiger partial charge on any atom is 0.310 e. The number of halogens is 1. The third-order valence-corrected chi connectivity index (χ3v) is 5.60. The van der Waals surface area contributed by atoms with Gasteiger partial charge in [0.05, 0.1) is 13.0 Å². The fourth-order valence-corrected chi connectivity index (χ4v) is 4.09. The standard InChI is InChI=1S/C26H24FN3O3/c1-2-33-23(31)12-15-6-3-4-8-18(15)21-14-30-22-11-17(26(29)32)10-20(24(21)22)19-9-5-7-16(13-28)25(19)27/h3-11,14,30H,2,12-13,28H2,1H3,(H2,29,32). The van der Waals surface area contributed by atoms with E-state index in [9.17, 15) is 9.59 Å². The second kappa shape index (κ2) is 9.26. The molecule has 1 amide bonds. The van der Waals surface area contributed by atoms with Gasteiger partial charge in [0.2, 0.25) is 5.91 Å². The first-order valence-corrected chi connectivity index (χ1v) is 10.6. The number of carbonyl (C=O) groups excluding carboxylic acids is 2. The Kier molecular flexibility index (Phi) is 6.24. The fourth-order valence-electron chi connectivity index (χ4n) is 4.09. The molecule has 6 nitrogen and oxygen atoms in total. The number of hydrogen-bond donors (Lipinski definition) is 3. The highest BCUT2D eigenvalue weighted by atomic mass is 19.1. The molecule has 0 radical (unpaired) electrons. The molecule has 168 valence electrons. The molecule has 0 fully saturated rings. The average Bonchev–Trinajstić information content (AvgIpc) is 3.23. The zero-order valence-corrected chi connectivity index (χ0v) is 18.2. The van der Waals surface area contributed by atoms with Gasteiger partial charge in [-0.2, -0.15) is 0 Å². The molecule has 0 saturated carbocycles. The maximum atomic E-state index is 15.3. The predicted octanol–water partition coefficient (Wildman–Crippen LogP) is 4.30. The van der Waals surface area contributed by atoms with E-state index >= 15 is 4.39 Å². The highest BCUT2D eigenvalue weighted by Crippen LogP contribution is 2.40. The Bertz CT molecular complexity index is 1360. The van der Waals surface area contributed by atoms with E-state index in [0.717, 1.165) is 16.7 Å². The topological polar surface area (TPSA) is 111 Å². The van der Waals surface area contributed by atoms with Gasteiger partial charge in [-0.3, -0.25) is 9.59 Å². The van der Waals surface area contributed by atoms with Gasteiger partial charge in [0.1, 0.15) is 5.82 Å². The van der Waals surface area contributed by atoms with Crippen LogP contribution in [0.2, 0.25) is 0 Å². The quantitative estimate of drug-likeness (QED) is 0.368.